The van der Waals surface area contributed by atoms with Crippen LogP contribution in [0, 0.1) is 0 Å². The lowest BCUT2D eigenvalue weighted by Gasteiger charge is -2.30. The molecule has 5 nitrogen and oxygen atoms in total. The predicted molar refractivity (Wildman–Crippen MR) is 104 cm³/mol. The van der Waals surface area contributed by atoms with Crippen molar-refractivity contribution in [3.05, 3.63) is 70.2 Å². The molecule has 1 fully saturated rings. The summed E-state index contributed by atoms with van der Waals surface area (Å²) in [5.41, 5.74) is 6.14. The number of amides is 2. The SMILES string of the molecule is NC(=O)C1(c2ccccc2C(=O)N2CCCC2)C=c2ccccc2=NCC1. The summed E-state index contributed by atoms with van der Waals surface area (Å²) in [5.74, 6) is -0.470. The van der Waals surface area contributed by atoms with Crippen molar-refractivity contribution in [1.29, 1.82) is 0 Å². The lowest BCUT2D eigenvalue weighted by molar-refractivity contribution is -0.121. The number of nitrogens with zero attached hydrogens (tertiary/aromatic N) is 2. The lowest BCUT2D eigenvalue weighted by Crippen LogP contribution is -2.43. The van der Waals surface area contributed by atoms with E-state index in [1.54, 1.807) is 0 Å². The molecule has 27 heavy (non-hydrogen) atoms. The van der Waals surface area contributed by atoms with Crippen LogP contribution in [-0.4, -0.2) is 36.3 Å². The average molecular weight is 361 g/mol. The molecule has 2 aliphatic heterocycles. The summed E-state index contributed by atoms with van der Waals surface area (Å²) < 4.78 is 0. The Kier molecular flexibility index (Phi) is 4.52. The van der Waals surface area contributed by atoms with Crippen LogP contribution < -0.4 is 16.3 Å². The predicted octanol–water partition coefficient (Wildman–Crippen LogP) is 1.15. The van der Waals surface area contributed by atoms with Crippen LogP contribution in [0.3, 0.4) is 0 Å². The minimum Gasteiger partial charge on any atom is -0.369 e. The molecule has 2 aliphatic rings. The molecular formula is C22H23N3O2. The Balaban J connectivity index is 1.92. The van der Waals surface area contributed by atoms with E-state index in [-0.39, 0.29) is 5.91 Å². The molecule has 1 atom stereocenters. The second-order valence-electron chi connectivity index (χ2n) is 7.22. The van der Waals surface area contributed by atoms with Gasteiger partial charge in [0.15, 0.2) is 0 Å². The highest BCUT2D eigenvalue weighted by atomic mass is 16.2. The fourth-order valence-corrected chi connectivity index (χ4v) is 4.13. The molecular weight excluding hydrogens is 338 g/mol. The van der Waals surface area contributed by atoms with E-state index in [2.05, 4.69) is 4.99 Å². The maximum atomic E-state index is 13.1. The van der Waals surface area contributed by atoms with Crippen LogP contribution in [0.1, 0.15) is 35.2 Å². The Bertz CT molecular complexity index is 1010. The third kappa shape index (κ3) is 3.03. The van der Waals surface area contributed by atoms with Crippen LogP contribution in [0.25, 0.3) is 6.08 Å². The summed E-state index contributed by atoms with van der Waals surface area (Å²) in [6.07, 6.45) is 4.39. The zero-order valence-corrected chi connectivity index (χ0v) is 15.2. The number of hydrogen-bond donors (Lipinski definition) is 1. The van der Waals surface area contributed by atoms with Gasteiger partial charge >= 0.3 is 0 Å². The molecule has 2 heterocycles. The number of fused-ring (bicyclic) bond motifs is 1. The number of carbonyl (C=O) groups is 2. The Labute approximate surface area is 158 Å². The second-order valence-corrected chi connectivity index (χ2v) is 7.22. The Morgan fingerprint density at radius 3 is 2.48 bits per heavy atom. The minimum absolute atomic E-state index is 0.0217. The highest BCUT2D eigenvalue weighted by Gasteiger charge is 2.40. The molecule has 2 N–H and O–H groups in total. The van der Waals surface area contributed by atoms with E-state index >= 15 is 0 Å². The van der Waals surface area contributed by atoms with E-state index in [0.29, 0.717) is 24.1 Å². The molecule has 0 saturated carbocycles. The number of para-hydroxylation sites is 1. The van der Waals surface area contributed by atoms with Gasteiger partial charge in [-0.2, -0.15) is 0 Å². The molecule has 2 aromatic rings. The van der Waals surface area contributed by atoms with Crippen LogP contribution in [0.15, 0.2) is 53.5 Å². The highest BCUT2D eigenvalue weighted by molar-refractivity contribution is 6.02. The summed E-state index contributed by atoms with van der Waals surface area (Å²) in [5, 5.41) is 1.72. The van der Waals surface area contributed by atoms with E-state index < -0.39 is 11.3 Å². The zero-order valence-electron chi connectivity index (χ0n) is 15.2. The topological polar surface area (TPSA) is 75.8 Å². The van der Waals surface area contributed by atoms with Gasteiger partial charge in [-0.25, -0.2) is 0 Å². The number of likely N-dealkylation sites (tertiary alicyclic amines) is 1. The van der Waals surface area contributed by atoms with Crippen LogP contribution >= 0.6 is 0 Å². The Morgan fingerprint density at radius 2 is 1.70 bits per heavy atom. The summed E-state index contributed by atoms with van der Waals surface area (Å²) in [6, 6.07) is 15.1. The fraction of sp³-hybridized carbons (Fsp3) is 0.318. The Hall–Kier alpha value is -2.95. The van der Waals surface area contributed by atoms with Crippen molar-refractivity contribution in [2.75, 3.05) is 19.6 Å². The highest BCUT2D eigenvalue weighted by Crippen LogP contribution is 2.34. The van der Waals surface area contributed by atoms with Gasteiger partial charge in [-0.1, -0.05) is 42.5 Å². The van der Waals surface area contributed by atoms with E-state index in [9.17, 15) is 9.59 Å². The first kappa shape index (κ1) is 17.5. The summed E-state index contributed by atoms with van der Waals surface area (Å²) in [4.78, 5) is 32.4. The van der Waals surface area contributed by atoms with E-state index in [0.717, 1.165) is 36.5 Å². The summed E-state index contributed by atoms with van der Waals surface area (Å²) in [6.45, 7) is 2.00. The number of benzene rings is 2. The number of primary amides is 1. The van der Waals surface area contributed by atoms with Crippen molar-refractivity contribution >= 4 is 17.9 Å². The molecule has 0 bridgehead atoms. The van der Waals surface area contributed by atoms with Crippen LogP contribution in [0.5, 0.6) is 0 Å². The first-order valence-electron chi connectivity index (χ1n) is 9.43. The lowest BCUT2D eigenvalue weighted by atomic mass is 9.74. The van der Waals surface area contributed by atoms with E-state index in [1.807, 2.05) is 59.5 Å². The molecule has 5 heteroatoms. The van der Waals surface area contributed by atoms with Crippen LogP contribution in [0.2, 0.25) is 0 Å². The summed E-state index contributed by atoms with van der Waals surface area (Å²) in [7, 11) is 0. The molecule has 2 aromatic carbocycles. The van der Waals surface area contributed by atoms with Gasteiger partial charge in [0.05, 0.1) is 10.8 Å². The van der Waals surface area contributed by atoms with Crippen molar-refractivity contribution in [3.63, 3.8) is 0 Å². The van der Waals surface area contributed by atoms with Crippen LogP contribution in [0.4, 0.5) is 0 Å². The monoisotopic (exact) mass is 361 g/mol. The third-order valence-corrected chi connectivity index (χ3v) is 5.60. The number of rotatable bonds is 3. The van der Waals surface area contributed by atoms with Crippen molar-refractivity contribution in [2.45, 2.75) is 24.7 Å². The number of nitrogens with two attached hydrogens (primary N) is 1. The second kappa shape index (κ2) is 6.99. The minimum atomic E-state index is -1.05. The van der Waals surface area contributed by atoms with Crippen LogP contribution in [-0.2, 0) is 10.2 Å². The van der Waals surface area contributed by atoms with Crippen molar-refractivity contribution in [1.82, 2.24) is 4.90 Å². The summed E-state index contributed by atoms with van der Waals surface area (Å²) >= 11 is 0. The van der Waals surface area contributed by atoms with E-state index in [4.69, 9.17) is 5.73 Å². The van der Waals surface area contributed by atoms with Gasteiger partial charge in [0.25, 0.3) is 5.91 Å². The smallest absolute Gasteiger partial charge is 0.254 e. The maximum Gasteiger partial charge on any atom is 0.254 e. The normalized spacial score (nSPS) is 21.6. The molecule has 1 unspecified atom stereocenters. The van der Waals surface area contributed by atoms with Gasteiger partial charge in [-0.05, 0) is 42.2 Å². The molecule has 0 radical (unpaired) electrons. The molecule has 2 amide bonds. The van der Waals surface area contributed by atoms with Crippen molar-refractivity contribution < 1.29 is 9.59 Å². The standard InChI is InChI=1S/C22H23N3O2/c23-21(27)22(11-12-24-19-10-4-1-7-16(19)15-22)18-9-3-2-8-17(18)20(26)25-13-5-6-14-25/h1-4,7-10,15H,5-6,11-14H2,(H2,23,27). The van der Waals surface area contributed by atoms with Gasteiger partial charge < -0.3 is 10.6 Å². The van der Waals surface area contributed by atoms with Gasteiger partial charge in [-0.3, -0.25) is 14.6 Å². The molecule has 0 aliphatic carbocycles. The fourth-order valence-electron chi connectivity index (χ4n) is 4.13. The number of hydrogen-bond acceptors (Lipinski definition) is 3. The third-order valence-electron chi connectivity index (χ3n) is 5.60. The largest absolute Gasteiger partial charge is 0.369 e. The molecule has 4 rings (SSSR count). The molecule has 0 aromatic heterocycles. The van der Waals surface area contributed by atoms with E-state index in [1.165, 1.54) is 0 Å². The molecule has 0 spiro atoms. The van der Waals surface area contributed by atoms with Gasteiger partial charge in [0.1, 0.15) is 0 Å². The molecule has 1 saturated heterocycles. The molecule has 138 valence electrons. The Morgan fingerprint density at radius 1 is 1.00 bits per heavy atom. The first-order valence-corrected chi connectivity index (χ1v) is 9.43. The van der Waals surface area contributed by atoms with Gasteiger partial charge in [0.2, 0.25) is 5.91 Å². The average Bonchev–Trinajstić information content (AvgIpc) is 3.15. The van der Waals surface area contributed by atoms with Crippen molar-refractivity contribution in [3.8, 4) is 0 Å². The number of carbonyl (C=O) groups excluding carboxylic acids is 2. The van der Waals surface area contributed by atoms with Gasteiger partial charge in [-0.15, -0.1) is 0 Å². The zero-order chi connectivity index (χ0) is 18.9. The quantitative estimate of drug-likeness (QED) is 0.890. The van der Waals surface area contributed by atoms with Crippen molar-refractivity contribution in [2.24, 2.45) is 10.7 Å². The maximum absolute atomic E-state index is 13.1. The van der Waals surface area contributed by atoms with Gasteiger partial charge in [0, 0.05) is 25.2 Å². The first-order chi connectivity index (χ1) is 13.1.